The number of rotatable bonds is 1. The maximum absolute atomic E-state index is 12.6. The second-order valence-corrected chi connectivity index (χ2v) is 6.63. The molecular weight excluding hydrogens is 294 g/mol. The number of halogens is 1. The van der Waals surface area contributed by atoms with Crippen LogP contribution in [0.25, 0.3) is 10.1 Å². The molecule has 2 heterocycles. The number of thiophene rings is 1. The first-order chi connectivity index (χ1) is 9.56. The number of benzene rings is 1. The van der Waals surface area contributed by atoms with Crippen LogP contribution in [0.2, 0.25) is 5.02 Å². The van der Waals surface area contributed by atoms with E-state index in [9.17, 15) is 4.79 Å². The van der Waals surface area contributed by atoms with Gasteiger partial charge in [0.2, 0.25) is 0 Å². The predicted octanol–water partition coefficient (Wildman–Crippen LogP) is 2.70. The van der Waals surface area contributed by atoms with Crippen molar-refractivity contribution in [2.45, 2.75) is 18.9 Å². The maximum atomic E-state index is 12.6. The molecule has 0 bridgehead atoms. The van der Waals surface area contributed by atoms with E-state index in [2.05, 4.69) is 0 Å². The number of hydrogen-bond donors (Lipinski definition) is 2. The van der Waals surface area contributed by atoms with Gasteiger partial charge in [-0.25, -0.2) is 0 Å². The van der Waals surface area contributed by atoms with Crippen LogP contribution in [-0.2, 0) is 0 Å². The molecule has 4 nitrogen and oxygen atoms in total. The average molecular weight is 310 g/mol. The number of carbonyl (C=O) groups is 1. The monoisotopic (exact) mass is 309 g/mol. The van der Waals surface area contributed by atoms with Crippen molar-refractivity contribution in [3.8, 4) is 0 Å². The molecule has 6 heteroatoms. The lowest BCUT2D eigenvalue weighted by molar-refractivity contribution is 0.0715. The highest BCUT2D eigenvalue weighted by Crippen LogP contribution is 2.36. The fourth-order valence-electron chi connectivity index (χ4n) is 2.59. The summed E-state index contributed by atoms with van der Waals surface area (Å²) in [5, 5.41) is 1.48. The Morgan fingerprint density at radius 1 is 1.45 bits per heavy atom. The number of nitrogen functional groups attached to an aromatic ring is 1. The van der Waals surface area contributed by atoms with Gasteiger partial charge in [-0.2, -0.15) is 0 Å². The first kappa shape index (κ1) is 13.7. The summed E-state index contributed by atoms with van der Waals surface area (Å²) in [6, 6.07) is 5.58. The van der Waals surface area contributed by atoms with Gasteiger partial charge in [-0.1, -0.05) is 11.6 Å². The van der Waals surface area contributed by atoms with E-state index in [1.807, 2.05) is 12.1 Å². The second-order valence-electron chi connectivity index (χ2n) is 5.14. The van der Waals surface area contributed by atoms with Crippen molar-refractivity contribution >= 4 is 44.6 Å². The highest BCUT2D eigenvalue weighted by molar-refractivity contribution is 7.21. The Kier molecular flexibility index (Phi) is 3.58. The quantitative estimate of drug-likeness (QED) is 0.850. The lowest BCUT2D eigenvalue weighted by Crippen LogP contribution is -2.45. The molecule has 106 valence electrons. The number of hydrogen-bond acceptors (Lipinski definition) is 4. The van der Waals surface area contributed by atoms with E-state index in [0.29, 0.717) is 22.1 Å². The lowest BCUT2D eigenvalue weighted by Gasteiger charge is -2.30. The van der Waals surface area contributed by atoms with E-state index in [1.54, 1.807) is 11.0 Å². The van der Waals surface area contributed by atoms with Gasteiger partial charge < -0.3 is 16.4 Å². The van der Waals surface area contributed by atoms with Crippen molar-refractivity contribution in [3.63, 3.8) is 0 Å². The molecule has 0 saturated carbocycles. The molecule has 1 aliphatic heterocycles. The zero-order chi connectivity index (χ0) is 14.3. The van der Waals surface area contributed by atoms with Crippen molar-refractivity contribution in [2.24, 2.45) is 5.73 Å². The van der Waals surface area contributed by atoms with E-state index in [-0.39, 0.29) is 11.9 Å². The zero-order valence-electron chi connectivity index (χ0n) is 10.9. The number of likely N-dealkylation sites (tertiary alicyclic amines) is 1. The Morgan fingerprint density at radius 2 is 2.25 bits per heavy atom. The molecule has 1 fully saturated rings. The Morgan fingerprint density at radius 3 is 3.00 bits per heavy atom. The fraction of sp³-hybridized carbons (Fsp3) is 0.357. The number of carbonyl (C=O) groups excluding carboxylic acids is 1. The SMILES string of the molecule is Nc1c(C(=O)N2CCCC(N)C2)sc2ccc(Cl)cc12. The van der Waals surface area contributed by atoms with Gasteiger partial charge >= 0.3 is 0 Å². The van der Waals surface area contributed by atoms with Crippen molar-refractivity contribution < 1.29 is 4.79 Å². The summed E-state index contributed by atoms with van der Waals surface area (Å²) in [7, 11) is 0. The van der Waals surface area contributed by atoms with Gasteiger partial charge in [0, 0.05) is 34.2 Å². The number of piperidine rings is 1. The van der Waals surface area contributed by atoms with E-state index < -0.39 is 0 Å². The molecular formula is C14H16ClN3OS. The number of amides is 1. The molecule has 1 aromatic heterocycles. The van der Waals surface area contributed by atoms with Gasteiger partial charge in [0.1, 0.15) is 4.88 Å². The van der Waals surface area contributed by atoms with Crippen LogP contribution in [0.4, 0.5) is 5.69 Å². The van der Waals surface area contributed by atoms with E-state index in [1.165, 1.54) is 11.3 Å². The van der Waals surface area contributed by atoms with Crippen molar-refractivity contribution in [2.75, 3.05) is 18.8 Å². The molecule has 1 aromatic carbocycles. The number of nitrogens with two attached hydrogens (primary N) is 2. The van der Waals surface area contributed by atoms with Gasteiger partial charge in [-0.15, -0.1) is 11.3 Å². The summed E-state index contributed by atoms with van der Waals surface area (Å²) in [6.07, 6.45) is 1.92. The van der Waals surface area contributed by atoms with Crippen molar-refractivity contribution in [3.05, 3.63) is 28.1 Å². The third-order valence-electron chi connectivity index (χ3n) is 3.63. The Labute approximate surface area is 126 Å². The average Bonchev–Trinajstić information content (AvgIpc) is 2.75. The third-order valence-corrected chi connectivity index (χ3v) is 5.04. The Bertz CT molecular complexity index is 670. The summed E-state index contributed by atoms with van der Waals surface area (Å²) in [6.45, 7) is 1.36. The van der Waals surface area contributed by atoms with Gasteiger partial charge in [0.05, 0.1) is 5.69 Å². The fourth-order valence-corrected chi connectivity index (χ4v) is 3.83. The second kappa shape index (κ2) is 5.24. The molecule has 0 aliphatic carbocycles. The summed E-state index contributed by atoms with van der Waals surface area (Å²) >= 11 is 7.40. The van der Waals surface area contributed by atoms with Crippen molar-refractivity contribution in [1.29, 1.82) is 0 Å². The third kappa shape index (κ3) is 2.37. The predicted molar refractivity (Wildman–Crippen MR) is 84.4 cm³/mol. The molecule has 1 atom stereocenters. The molecule has 1 saturated heterocycles. The van der Waals surface area contributed by atoms with Crippen LogP contribution >= 0.6 is 22.9 Å². The highest BCUT2D eigenvalue weighted by atomic mass is 35.5. The molecule has 4 N–H and O–H groups in total. The number of anilines is 1. The van der Waals surface area contributed by atoms with Gasteiger partial charge in [0.25, 0.3) is 5.91 Å². The molecule has 20 heavy (non-hydrogen) atoms. The van der Waals surface area contributed by atoms with Crippen LogP contribution in [0, 0.1) is 0 Å². The zero-order valence-corrected chi connectivity index (χ0v) is 12.5. The normalized spacial score (nSPS) is 19.5. The van der Waals surface area contributed by atoms with Crippen LogP contribution < -0.4 is 11.5 Å². The van der Waals surface area contributed by atoms with Crippen LogP contribution in [0.15, 0.2) is 18.2 Å². The maximum Gasteiger partial charge on any atom is 0.266 e. The summed E-state index contributed by atoms with van der Waals surface area (Å²) in [5.41, 5.74) is 12.6. The van der Waals surface area contributed by atoms with Crippen molar-refractivity contribution in [1.82, 2.24) is 4.90 Å². The minimum absolute atomic E-state index is 0.0185. The minimum Gasteiger partial charge on any atom is -0.397 e. The Hall–Kier alpha value is -1.30. The van der Waals surface area contributed by atoms with E-state index in [4.69, 9.17) is 23.1 Å². The highest BCUT2D eigenvalue weighted by Gasteiger charge is 2.25. The summed E-state index contributed by atoms with van der Waals surface area (Å²) in [4.78, 5) is 15.0. The number of fused-ring (bicyclic) bond motifs is 1. The van der Waals surface area contributed by atoms with Gasteiger partial charge in [-0.05, 0) is 31.0 Å². The molecule has 1 amide bonds. The topological polar surface area (TPSA) is 72.4 Å². The van der Waals surface area contributed by atoms with Crippen LogP contribution in [0.5, 0.6) is 0 Å². The molecule has 1 aliphatic rings. The first-order valence-corrected chi connectivity index (χ1v) is 7.78. The lowest BCUT2D eigenvalue weighted by atomic mass is 10.1. The van der Waals surface area contributed by atoms with E-state index >= 15 is 0 Å². The largest absolute Gasteiger partial charge is 0.397 e. The summed E-state index contributed by atoms with van der Waals surface area (Å²) < 4.78 is 0.983. The molecule has 0 radical (unpaired) electrons. The molecule has 1 unspecified atom stereocenters. The molecule has 3 rings (SSSR count). The number of nitrogens with zero attached hydrogens (tertiary/aromatic N) is 1. The van der Waals surface area contributed by atoms with Crippen LogP contribution in [0.3, 0.4) is 0 Å². The van der Waals surface area contributed by atoms with Gasteiger partial charge in [-0.3, -0.25) is 4.79 Å². The Balaban J connectivity index is 1.97. The standard InChI is InChI=1S/C14H16ClN3OS/c15-8-3-4-11-10(6-8)12(17)13(20-11)14(19)18-5-1-2-9(16)7-18/h3-4,6,9H,1-2,5,7,16-17H2. The van der Waals surface area contributed by atoms with E-state index in [0.717, 1.165) is 29.5 Å². The van der Waals surface area contributed by atoms with Crippen LogP contribution in [0.1, 0.15) is 22.5 Å². The first-order valence-electron chi connectivity index (χ1n) is 6.58. The minimum atomic E-state index is -0.0185. The summed E-state index contributed by atoms with van der Waals surface area (Å²) in [5.74, 6) is -0.0185. The molecule has 2 aromatic rings. The van der Waals surface area contributed by atoms with Crippen LogP contribution in [-0.4, -0.2) is 29.9 Å². The smallest absolute Gasteiger partial charge is 0.266 e. The molecule has 0 spiro atoms. The van der Waals surface area contributed by atoms with Gasteiger partial charge in [0.15, 0.2) is 0 Å².